The number of carbonyl (C=O) groups is 2. The third kappa shape index (κ3) is 1.13. The van der Waals surface area contributed by atoms with E-state index < -0.39 is 6.09 Å². The molecule has 0 N–H and O–H groups in total. The molecule has 0 aromatic carbocycles. The van der Waals surface area contributed by atoms with Crippen molar-refractivity contribution in [3.63, 3.8) is 0 Å². The van der Waals surface area contributed by atoms with Crippen molar-refractivity contribution >= 4 is 12.0 Å². The molecule has 0 aromatic heterocycles. The molecule has 70 valence electrons. The Balaban J connectivity index is 2.13. The Hall–Kier alpha value is -1.32. The van der Waals surface area contributed by atoms with E-state index >= 15 is 0 Å². The highest BCUT2D eigenvalue weighted by Gasteiger charge is 2.44. The average molecular weight is 181 g/mol. The van der Waals surface area contributed by atoms with Gasteiger partial charge in [-0.15, -0.1) is 0 Å². The van der Waals surface area contributed by atoms with E-state index in [1.807, 2.05) is 12.2 Å². The summed E-state index contributed by atoms with van der Waals surface area (Å²) < 4.78 is 4.78. The Kier molecular flexibility index (Phi) is 1.83. The molecule has 2 rings (SSSR count). The minimum Gasteiger partial charge on any atom is -0.449 e. The number of hydrogen-bond donors (Lipinski definition) is 0. The van der Waals surface area contributed by atoms with Crippen LogP contribution in [0.15, 0.2) is 12.2 Å². The van der Waals surface area contributed by atoms with Crippen LogP contribution >= 0.6 is 0 Å². The summed E-state index contributed by atoms with van der Waals surface area (Å²) in [7, 11) is 0. The van der Waals surface area contributed by atoms with Crippen LogP contribution in [0.2, 0.25) is 0 Å². The summed E-state index contributed by atoms with van der Waals surface area (Å²) in [5, 5.41) is 0. The standard InChI is InChI=1S/C9H11NO3/c1-2-13-9(12)10-7-4-3-6(5-7)8(10)11/h3-4,6-7H,2,5H2,1H3/t6-,7+/m1/s1. The first kappa shape index (κ1) is 8.29. The van der Waals surface area contributed by atoms with Crippen molar-refractivity contribution in [1.29, 1.82) is 0 Å². The molecule has 1 fully saturated rings. The molecule has 2 atom stereocenters. The topological polar surface area (TPSA) is 46.6 Å². The molecule has 0 radical (unpaired) electrons. The first-order chi connectivity index (χ1) is 6.24. The minimum atomic E-state index is -0.510. The van der Waals surface area contributed by atoms with Gasteiger partial charge in [-0.3, -0.25) is 4.79 Å². The van der Waals surface area contributed by atoms with Gasteiger partial charge in [0.15, 0.2) is 0 Å². The molecule has 2 bridgehead atoms. The van der Waals surface area contributed by atoms with Gasteiger partial charge < -0.3 is 4.74 Å². The monoisotopic (exact) mass is 181 g/mol. The number of carbonyl (C=O) groups excluding carboxylic acids is 2. The van der Waals surface area contributed by atoms with Gasteiger partial charge in [-0.25, -0.2) is 9.69 Å². The van der Waals surface area contributed by atoms with Gasteiger partial charge in [0.05, 0.1) is 18.6 Å². The van der Waals surface area contributed by atoms with Gasteiger partial charge in [-0.1, -0.05) is 12.2 Å². The highest BCUT2D eigenvalue weighted by molar-refractivity contribution is 5.97. The van der Waals surface area contributed by atoms with Crippen LogP contribution in [0.3, 0.4) is 0 Å². The zero-order valence-corrected chi connectivity index (χ0v) is 7.40. The van der Waals surface area contributed by atoms with E-state index in [4.69, 9.17) is 4.74 Å². The number of fused-ring (bicyclic) bond motifs is 2. The maximum absolute atomic E-state index is 11.5. The Morgan fingerprint density at radius 1 is 1.69 bits per heavy atom. The Morgan fingerprint density at radius 2 is 2.46 bits per heavy atom. The van der Waals surface area contributed by atoms with Crippen molar-refractivity contribution in [3.8, 4) is 0 Å². The fourth-order valence-electron chi connectivity index (χ4n) is 1.81. The molecule has 0 saturated carbocycles. The second kappa shape index (κ2) is 2.87. The molecule has 13 heavy (non-hydrogen) atoms. The molecule has 2 amide bonds. The Labute approximate surface area is 76.2 Å². The lowest BCUT2D eigenvalue weighted by atomic mass is 10.1. The van der Waals surface area contributed by atoms with Gasteiger partial charge in [-0.05, 0) is 13.3 Å². The minimum absolute atomic E-state index is 0.0588. The fourth-order valence-corrected chi connectivity index (χ4v) is 1.81. The fraction of sp³-hybridized carbons (Fsp3) is 0.556. The van der Waals surface area contributed by atoms with E-state index in [0.29, 0.717) is 6.61 Å². The first-order valence-corrected chi connectivity index (χ1v) is 4.42. The Bertz CT molecular complexity index is 285. The van der Waals surface area contributed by atoms with Crippen molar-refractivity contribution in [2.75, 3.05) is 6.61 Å². The normalized spacial score (nSPS) is 29.9. The second-order valence-corrected chi connectivity index (χ2v) is 3.20. The summed E-state index contributed by atoms with van der Waals surface area (Å²) in [4.78, 5) is 24.0. The third-order valence-electron chi connectivity index (χ3n) is 2.41. The average Bonchev–Trinajstić information content (AvgIpc) is 2.63. The number of likely N-dealkylation sites (tertiary alicyclic amines) is 1. The van der Waals surface area contributed by atoms with E-state index in [-0.39, 0.29) is 17.9 Å². The lowest BCUT2D eigenvalue weighted by molar-refractivity contribution is -0.129. The number of rotatable bonds is 1. The van der Waals surface area contributed by atoms with Crippen LogP contribution in [-0.2, 0) is 9.53 Å². The third-order valence-corrected chi connectivity index (χ3v) is 2.41. The molecule has 2 aliphatic rings. The van der Waals surface area contributed by atoms with E-state index in [1.54, 1.807) is 6.92 Å². The molecule has 1 heterocycles. The van der Waals surface area contributed by atoms with Gasteiger partial charge >= 0.3 is 6.09 Å². The van der Waals surface area contributed by atoms with Crippen LogP contribution in [0.5, 0.6) is 0 Å². The summed E-state index contributed by atoms with van der Waals surface area (Å²) in [6, 6.07) is -0.0588. The molecule has 4 nitrogen and oxygen atoms in total. The predicted octanol–water partition coefficient (Wildman–Crippen LogP) is 0.930. The molecule has 1 aliphatic heterocycles. The van der Waals surface area contributed by atoms with Crippen molar-refractivity contribution in [1.82, 2.24) is 4.90 Å². The highest BCUT2D eigenvalue weighted by atomic mass is 16.6. The molecule has 0 aromatic rings. The van der Waals surface area contributed by atoms with Crippen molar-refractivity contribution in [2.24, 2.45) is 5.92 Å². The van der Waals surface area contributed by atoms with E-state index in [1.165, 1.54) is 4.90 Å². The SMILES string of the molecule is CCOC(=O)N1C(=O)[C@@H]2C=C[C@H]1C2. The van der Waals surface area contributed by atoms with Crippen LogP contribution in [0, 0.1) is 5.92 Å². The van der Waals surface area contributed by atoms with Crippen LogP contribution < -0.4 is 0 Å². The number of nitrogens with zero attached hydrogens (tertiary/aromatic N) is 1. The van der Waals surface area contributed by atoms with E-state index in [0.717, 1.165) is 6.42 Å². The highest BCUT2D eigenvalue weighted by Crippen LogP contribution is 2.32. The summed E-state index contributed by atoms with van der Waals surface area (Å²) in [6.07, 6.45) is 3.98. The maximum atomic E-state index is 11.5. The van der Waals surface area contributed by atoms with Crippen molar-refractivity contribution in [3.05, 3.63) is 12.2 Å². The first-order valence-electron chi connectivity index (χ1n) is 4.42. The van der Waals surface area contributed by atoms with Crippen LogP contribution in [0.4, 0.5) is 4.79 Å². The number of ether oxygens (including phenoxy) is 1. The molecule has 1 saturated heterocycles. The lowest BCUT2D eigenvalue weighted by Gasteiger charge is -2.20. The largest absolute Gasteiger partial charge is 0.449 e. The van der Waals surface area contributed by atoms with Gasteiger partial charge in [0.25, 0.3) is 0 Å². The lowest BCUT2D eigenvalue weighted by Crippen LogP contribution is -2.40. The van der Waals surface area contributed by atoms with Gasteiger partial charge in [0, 0.05) is 0 Å². The molecule has 1 aliphatic carbocycles. The number of hydrogen-bond acceptors (Lipinski definition) is 3. The summed E-state index contributed by atoms with van der Waals surface area (Å²) >= 11 is 0. The molecular formula is C9H11NO3. The van der Waals surface area contributed by atoms with E-state index in [2.05, 4.69) is 0 Å². The predicted molar refractivity (Wildman–Crippen MR) is 44.9 cm³/mol. The molecule has 0 unspecified atom stereocenters. The zero-order chi connectivity index (χ0) is 9.42. The van der Waals surface area contributed by atoms with Gasteiger partial charge in [0.1, 0.15) is 0 Å². The maximum Gasteiger partial charge on any atom is 0.417 e. The molecule has 4 heteroatoms. The second-order valence-electron chi connectivity index (χ2n) is 3.20. The van der Waals surface area contributed by atoms with E-state index in [9.17, 15) is 9.59 Å². The number of imide groups is 1. The van der Waals surface area contributed by atoms with Gasteiger partial charge in [0.2, 0.25) is 5.91 Å². The van der Waals surface area contributed by atoms with Crippen LogP contribution in [0.1, 0.15) is 13.3 Å². The molecule has 0 spiro atoms. The Morgan fingerprint density at radius 3 is 3.00 bits per heavy atom. The number of amides is 2. The van der Waals surface area contributed by atoms with Crippen molar-refractivity contribution < 1.29 is 14.3 Å². The van der Waals surface area contributed by atoms with Crippen LogP contribution in [-0.4, -0.2) is 29.5 Å². The van der Waals surface area contributed by atoms with Crippen molar-refractivity contribution in [2.45, 2.75) is 19.4 Å². The summed E-state index contributed by atoms with van der Waals surface area (Å²) in [6.45, 7) is 2.04. The zero-order valence-electron chi connectivity index (χ0n) is 7.40. The smallest absolute Gasteiger partial charge is 0.417 e. The summed E-state index contributed by atoms with van der Waals surface area (Å²) in [5.74, 6) is -0.208. The quantitative estimate of drug-likeness (QED) is 0.565. The summed E-state index contributed by atoms with van der Waals surface area (Å²) in [5.41, 5.74) is 0. The van der Waals surface area contributed by atoms with Crippen LogP contribution in [0.25, 0.3) is 0 Å². The van der Waals surface area contributed by atoms with Gasteiger partial charge in [-0.2, -0.15) is 0 Å². The molecular weight excluding hydrogens is 170 g/mol.